The van der Waals surface area contributed by atoms with E-state index < -0.39 is 0 Å². The molecule has 0 fully saturated rings. The molecular formula is C11H14N4O. The molecule has 0 aliphatic rings. The van der Waals surface area contributed by atoms with E-state index in [0.717, 1.165) is 12.0 Å². The van der Waals surface area contributed by atoms with Crippen LogP contribution in [0.3, 0.4) is 0 Å². The Labute approximate surface area is 93.1 Å². The molecule has 0 saturated heterocycles. The molecule has 0 amide bonds. The molecule has 0 bridgehead atoms. The van der Waals surface area contributed by atoms with Gasteiger partial charge in [0.1, 0.15) is 0 Å². The largest absolute Gasteiger partial charge is 0.398 e. The maximum Gasteiger partial charge on any atom is 0.250 e. The molecule has 5 nitrogen and oxygen atoms in total. The molecule has 2 rings (SSSR count). The lowest BCUT2D eigenvalue weighted by atomic mass is 10.2. The Balaban J connectivity index is 2.10. The van der Waals surface area contributed by atoms with Gasteiger partial charge in [-0.25, -0.2) is 0 Å². The summed E-state index contributed by atoms with van der Waals surface area (Å²) in [5.74, 6) is 0. The van der Waals surface area contributed by atoms with Gasteiger partial charge in [-0.3, -0.25) is 9.48 Å². The van der Waals surface area contributed by atoms with Crippen molar-refractivity contribution in [2.75, 3.05) is 5.73 Å². The van der Waals surface area contributed by atoms with Crippen LogP contribution in [0.4, 0.5) is 5.69 Å². The summed E-state index contributed by atoms with van der Waals surface area (Å²) in [6, 6.07) is 3.10. The van der Waals surface area contributed by atoms with Crippen LogP contribution < -0.4 is 11.3 Å². The average Bonchev–Trinajstić information content (AvgIpc) is 2.66. The first-order valence-corrected chi connectivity index (χ1v) is 5.08. The molecule has 0 spiro atoms. The predicted octanol–water partition coefficient (Wildman–Crippen LogP) is 0.407. The molecule has 0 radical (unpaired) electrons. The zero-order chi connectivity index (χ0) is 11.5. The van der Waals surface area contributed by atoms with Gasteiger partial charge in [-0.15, -0.1) is 0 Å². The first kappa shape index (κ1) is 10.5. The summed E-state index contributed by atoms with van der Waals surface area (Å²) < 4.78 is 3.36. The van der Waals surface area contributed by atoms with Gasteiger partial charge in [0, 0.05) is 37.7 Å². The smallest absolute Gasteiger partial charge is 0.250 e. The standard InChI is InChI=1S/C11H14N4O/c1-14-7-9(6-13-14)4-5-15-8-10(12)2-3-11(15)16/h2-3,6-8H,4-5,12H2,1H3. The van der Waals surface area contributed by atoms with E-state index in [2.05, 4.69) is 5.10 Å². The van der Waals surface area contributed by atoms with Gasteiger partial charge in [0.15, 0.2) is 0 Å². The Hall–Kier alpha value is -2.04. The van der Waals surface area contributed by atoms with Crippen molar-refractivity contribution in [3.8, 4) is 0 Å². The van der Waals surface area contributed by atoms with Crippen LogP contribution in [0.15, 0.2) is 35.5 Å². The zero-order valence-electron chi connectivity index (χ0n) is 9.13. The summed E-state index contributed by atoms with van der Waals surface area (Å²) in [4.78, 5) is 11.5. The number of aryl methyl sites for hydroxylation is 3. The Morgan fingerprint density at radius 2 is 2.19 bits per heavy atom. The topological polar surface area (TPSA) is 65.8 Å². The third kappa shape index (κ3) is 2.31. The number of nitrogens with zero attached hydrogens (tertiary/aromatic N) is 3. The Morgan fingerprint density at radius 3 is 2.88 bits per heavy atom. The summed E-state index contributed by atoms with van der Waals surface area (Å²) in [6.07, 6.45) is 6.19. The third-order valence-corrected chi connectivity index (χ3v) is 2.41. The first-order chi connectivity index (χ1) is 7.65. The van der Waals surface area contributed by atoms with E-state index in [4.69, 9.17) is 5.73 Å². The molecule has 0 aliphatic heterocycles. The van der Waals surface area contributed by atoms with Gasteiger partial charge in [0.2, 0.25) is 0 Å². The molecule has 84 valence electrons. The van der Waals surface area contributed by atoms with Crippen molar-refractivity contribution < 1.29 is 0 Å². The molecule has 2 N–H and O–H groups in total. The van der Waals surface area contributed by atoms with Crippen LogP contribution in [0.5, 0.6) is 0 Å². The minimum atomic E-state index is -0.0295. The number of anilines is 1. The van der Waals surface area contributed by atoms with E-state index in [-0.39, 0.29) is 5.56 Å². The maximum absolute atomic E-state index is 11.5. The molecule has 0 unspecified atom stereocenters. The molecule has 0 aliphatic carbocycles. The van der Waals surface area contributed by atoms with Crippen molar-refractivity contribution in [2.45, 2.75) is 13.0 Å². The highest BCUT2D eigenvalue weighted by atomic mass is 16.1. The predicted molar refractivity (Wildman–Crippen MR) is 62.0 cm³/mol. The number of nitrogen functional groups attached to an aromatic ring is 1. The summed E-state index contributed by atoms with van der Waals surface area (Å²) in [5, 5.41) is 4.07. The number of hydrogen-bond acceptors (Lipinski definition) is 3. The van der Waals surface area contributed by atoms with Crippen LogP contribution >= 0.6 is 0 Å². The number of aromatic nitrogens is 3. The molecule has 16 heavy (non-hydrogen) atoms. The van der Waals surface area contributed by atoms with Crippen LogP contribution in [0.1, 0.15) is 5.56 Å². The van der Waals surface area contributed by atoms with E-state index in [9.17, 15) is 4.79 Å². The molecule has 5 heteroatoms. The molecular weight excluding hydrogens is 204 g/mol. The van der Waals surface area contributed by atoms with Gasteiger partial charge in [-0.05, 0) is 18.1 Å². The van der Waals surface area contributed by atoms with Crippen molar-refractivity contribution in [3.63, 3.8) is 0 Å². The van der Waals surface area contributed by atoms with E-state index in [0.29, 0.717) is 12.2 Å². The van der Waals surface area contributed by atoms with Crippen molar-refractivity contribution in [2.24, 2.45) is 7.05 Å². The quantitative estimate of drug-likeness (QED) is 0.811. The lowest BCUT2D eigenvalue weighted by Gasteiger charge is -2.04. The first-order valence-electron chi connectivity index (χ1n) is 5.08. The molecule has 0 saturated carbocycles. The fraction of sp³-hybridized carbons (Fsp3) is 0.273. The molecule has 2 heterocycles. The highest BCUT2D eigenvalue weighted by molar-refractivity contribution is 5.33. The lowest BCUT2D eigenvalue weighted by Crippen LogP contribution is -2.19. The second-order valence-electron chi connectivity index (χ2n) is 3.77. The highest BCUT2D eigenvalue weighted by Crippen LogP contribution is 2.01. The van der Waals surface area contributed by atoms with Gasteiger partial charge >= 0.3 is 0 Å². The molecule has 0 aromatic carbocycles. The zero-order valence-corrected chi connectivity index (χ0v) is 9.13. The third-order valence-electron chi connectivity index (χ3n) is 2.41. The van der Waals surface area contributed by atoms with Gasteiger partial charge in [-0.1, -0.05) is 0 Å². The lowest BCUT2D eigenvalue weighted by molar-refractivity contribution is 0.670. The van der Waals surface area contributed by atoms with Crippen molar-refractivity contribution in [3.05, 3.63) is 46.6 Å². The minimum absolute atomic E-state index is 0.0295. The van der Waals surface area contributed by atoms with Crippen molar-refractivity contribution >= 4 is 5.69 Å². The Morgan fingerprint density at radius 1 is 1.38 bits per heavy atom. The molecule has 0 atom stereocenters. The van der Waals surface area contributed by atoms with Gasteiger partial charge < -0.3 is 10.3 Å². The summed E-state index contributed by atoms with van der Waals surface area (Å²) in [5.41, 5.74) is 7.31. The van der Waals surface area contributed by atoms with Gasteiger partial charge in [0.25, 0.3) is 5.56 Å². The van der Waals surface area contributed by atoms with Crippen molar-refractivity contribution in [1.29, 1.82) is 0 Å². The average molecular weight is 218 g/mol. The Bertz CT molecular complexity index is 541. The summed E-state index contributed by atoms with van der Waals surface area (Å²) in [6.45, 7) is 0.621. The van der Waals surface area contributed by atoms with Gasteiger partial charge in [-0.2, -0.15) is 5.10 Å². The second-order valence-corrected chi connectivity index (χ2v) is 3.77. The number of rotatable bonds is 3. The van der Waals surface area contributed by atoms with E-state index in [1.54, 1.807) is 27.7 Å². The van der Waals surface area contributed by atoms with Crippen molar-refractivity contribution in [1.82, 2.24) is 14.3 Å². The van der Waals surface area contributed by atoms with Crippen LogP contribution in [0.25, 0.3) is 0 Å². The maximum atomic E-state index is 11.5. The number of pyridine rings is 1. The molecule has 2 aromatic heterocycles. The second kappa shape index (κ2) is 4.22. The number of hydrogen-bond donors (Lipinski definition) is 1. The normalized spacial score (nSPS) is 10.6. The van der Waals surface area contributed by atoms with Crippen LogP contribution in [-0.4, -0.2) is 14.3 Å². The monoisotopic (exact) mass is 218 g/mol. The molecule has 2 aromatic rings. The fourth-order valence-electron chi connectivity index (χ4n) is 1.58. The van der Waals surface area contributed by atoms with E-state index in [1.165, 1.54) is 6.07 Å². The highest BCUT2D eigenvalue weighted by Gasteiger charge is 1.99. The van der Waals surface area contributed by atoms with Crippen LogP contribution in [0.2, 0.25) is 0 Å². The summed E-state index contributed by atoms with van der Waals surface area (Å²) in [7, 11) is 1.87. The van der Waals surface area contributed by atoms with E-state index in [1.807, 2.05) is 13.2 Å². The van der Waals surface area contributed by atoms with E-state index >= 15 is 0 Å². The summed E-state index contributed by atoms with van der Waals surface area (Å²) >= 11 is 0. The number of nitrogens with two attached hydrogens (primary N) is 1. The van der Waals surface area contributed by atoms with Gasteiger partial charge in [0.05, 0.1) is 6.20 Å². The van der Waals surface area contributed by atoms with Crippen LogP contribution in [0, 0.1) is 0 Å². The SMILES string of the molecule is Cn1cc(CCn2cc(N)ccc2=O)cn1. The van der Waals surface area contributed by atoms with Crippen LogP contribution in [-0.2, 0) is 20.0 Å². The fourth-order valence-corrected chi connectivity index (χ4v) is 1.58. The Kier molecular flexibility index (Phi) is 2.76. The minimum Gasteiger partial charge on any atom is -0.398 e.